The number of amides is 1. The van der Waals surface area contributed by atoms with Crippen LogP contribution in [0.3, 0.4) is 0 Å². The number of carbonyl (C=O) groups excluding carboxylic acids is 1. The number of carbonyl (C=O) groups is 1. The zero-order valence-corrected chi connectivity index (χ0v) is 12.0. The number of aryl methyl sites for hydroxylation is 1. The number of hydrogen-bond donors (Lipinski definition) is 2. The fourth-order valence-electron chi connectivity index (χ4n) is 1.92. The zero-order valence-electron chi connectivity index (χ0n) is 12.0. The van der Waals surface area contributed by atoms with Gasteiger partial charge in [-0.3, -0.25) is 4.79 Å². The summed E-state index contributed by atoms with van der Waals surface area (Å²) in [6.07, 6.45) is 1.81. The molecule has 108 valence electrons. The fourth-order valence-corrected chi connectivity index (χ4v) is 1.92. The highest BCUT2D eigenvalue weighted by Crippen LogP contribution is 2.25. The Morgan fingerprint density at radius 2 is 2.24 bits per heavy atom. The molecule has 21 heavy (non-hydrogen) atoms. The van der Waals surface area contributed by atoms with Gasteiger partial charge in [0, 0.05) is 18.8 Å². The van der Waals surface area contributed by atoms with Crippen molar-refractivity contribution in [2.24, 2.45) is 12.8 Å². The number of methoxy groups -OCH3 is 1. The fraction of sp³-hybridized carbons (Fsp3) is 0.188. The van der Waals surface area contributed by atoms with Crippen LogP contribution in [0.1, 0.15) is 16.1 Å². The first-order valence-corrected chi connectivity index (χ1v) is 6.45. The van der Waals surface area contributed by atoms with Gasteiger partial charge < -0.3 is 20.4 Å². The van der Waals surface area contributed by atoms with Gasteiger partial charge in [-0.05, 0) is 30.3 Å². The summed E-state index contributed by atoms with van der Waals surface area (Å²) in [5.41, 5.74) is 7.27. The average molecular weight is 283 g/mol. The molecule has 0 radical (unpaired) electrons. The maximum Gasteiger partial charge on any atom is 0.272 e. The largest absolute Gasteiger partial charge is 0.495 e. The molecule has 0 fully saturated rings. The number of ether oxygens (including phenoxy) is 1. The predicted octanol–water partition coefficient (Wildman–Crippen LogP) is 1.60. The van der Waals surface area contributed by atoms with E-state index in [0.29, 0.717) is 17.1 Å². The molecule has 0 aliphatic heterocycles. The van der Waals surface area contributed by atoms with Crippen LogP contribution in [0.5, 0.6) is 5.75 Å². The van der Waals surface area contributed by atoms with Crippen LogP contribution in [-0.4, -0.2) is 24.1 Å². The second-order valence-electron chi connectivity index (χ2n) is 4.38. The van der Waals surface area contributed by atoms with Gasteiger partial charge in [0.05, 0.1) is 19.3 Å². The second kappa shape index (κ2) is 6.64. The quantitative estimate of drug-likeness (QED) is 0.841. The molecule has 0 spiro atoms. The molecule has 1 heterocycles. The molecule has 0 bridgehead atoms. The van der Waals surface area contributed by atoms with Crippen LogP contribution in [0.25, 0.3) is 0 Å². The number of anilines is 1. The van der Waals surface area contributed by atoms with Crippen molar-refractivity contribution in [2.45, 2.75) is 0 Å². The molecule has 3 N–H and O–H groups in total. The van der Waals surface area contributed by atoms with Gasteiger partial charge in [-0.2, -0.15) is 0 Å². The van der Waals surface area contributed by atoms with Crippen molar-refractivity contribution in [3.05, 3.63) is 47.8 Å². The third-order valence-electron chi connectivity index (χ3n) is 2.96. The standard InChI is InChI=1S/C16H17N3O2/c1-19-10-4-6-14(19)16(20)18-13-11-12(5-3-9-17)7-8-15(13)21-2/h4,6-8,10-11H,9,17H2,1-2H3,(H,18,20). The van der Waals surface area contributed by atoms with Crippen molar-refractivity contribution >= 4 is 11.6 Å². The second-order valence-corrected chi connectivity index (χ2v) is 4.38. The van der Waals surface area contributed by atoms with Crippen molar-refractivity contribution < 1.29 is 9.53 Å². The molecule has 2 rings (SSSR count). The molecule has 0 saturated carbocycles. The van der Waals surface area contributed by atoms with Crippen molar-refractivity contribution in [3.63, 3.8) is 0 Å². The molecular weight excluding hydrogens is 266 g/mol. The Hall–Kier alpha value is -2.71. The SMILES string of the molecule is COc1ccc(C#CCN)cc1NC(=O)c1cccn1C. The van der Waals surface area contributed by atoms with Gasteiger partial charge in [0.1, 0.15) is 11.4 Å². The lowest BCUT2D eigenvalue weighted by Gasteiger charge is -2.11. The molecule has 0 unspecified atom stereocenters. The maximum atomic E-state index is 12.2. The molecule has 1 aromatic heterocycles. The van der Waals surface area contributed by atoms with Crippen molar-refractivity contribution in [3.8, 4) is 17.6 Å². The third-order valence-corrected chi connectivity index (χ3v) is 2.96. The van der Waals surface area contributed by atoms with Gasteiger partial charge >= 0.3 is 0 Å². The third kappa shape index (κ3) is 3.44. The zero-order chi connectivity index (χ0) is 15.2. The highest BCUT2D eigenvalue weighted by Gasteiger charge is 2.12. The number of nitrogens with two attached hydrogens (primary N) is 1. The molecule has 0 atom stereocenters. The van der Waals surface area contributed by atoms with Crippen LogP contribution in [0.2, 0.25) is 0 Å². The van der Waals surface area contributed by atoms with E-state index in [9.17, 15) is 4.79 Å². The van der Waals surface area contributed by atoms with E-state index in [2.05, 4.69) is 17.2 Å². The first-order valence-electron chi connectivity index (χ1n) is 6.45. The van der Waals surface area contributed by atoms with Crippen LogP contribution < -0.4 is 15.8 Å². The van der Waals surface area contributed by atoms with Gasteiger partial charge in [-0.15, -0.1) is 0 Å². The molecule has 1 aromatic carbocycles. The molecule has 1 amide bonds. The van der Waals surface area contributed by atoms with Gasteiger partial charge in [-0.25, -0.2) is 0 Å². The normalized spacial score (nSPS) is 9.67. The molecular formula is C16H17N3O2. The van der Waals surface area contributed by atoms with Gasteiger partial charge in [0.2, 0.25) is 0 Å². The molecule has 5 heteroatoms. The summed E-state index contributed by atoms with van der Waals surface area (Å²) in [6, 6.07) is 8.91. The summed E-state index contributed by atoms with van der Waals surface area (Å²) in [6.45, 7) is 0.289. The number of aromatic nitrogens is 1. The lowest BCUT2D eigenvalue weighted by molar-refractivity contribution is 0.101. The van der Waals surface area contributed by atoms with E-state index < -0.39 is 0 Å². The summed E-state index contributed by atoms with van der Waals surface area (Å²) in [7, 11) is 3.37. The lowest BCUT2D eigenvalue weighted by Crippen LogP contribution is -2.16. The van der Waals surface area contributed by atoms with Gasteiger partial charge in [0.15, 0.2) is 0 Å². The van der Waals surface area contributed by atoms with E-state index in [1.54, 1.807) is 29.9 Å². The Morgan fingerprint density at radius 3 is 2.86 bits per heavy atom. The van der Waals surface area contributed by atoms with Gasteiger partial charge in [-0.1, -0.05) is 11.8 Å². The Kier molecular flexibility index (Phi) is 4.64. The highest BCUT2D eigenvalue weighted by atomic mass is 16.5. The lowest BCUT2D eigenvalue weighted by atomic mass is 10.2. The van der Waals surface area contributed by atoms with Crippen LogP contribution in [0.4, 0.5) is 5.69 Å². The first kappa shape index (κ1) is 14.7. The van der Waals surface area contributed by atoms with Crippen molar-refractivity contribution in [2.75, 3.05) is 19.0 Å². The summed E-state index contributed by atoms with van der Waals surface area (Å²) >= 11 is 0. The Morgan fingerprint density at radius 1 is 1.43 bits per heavy atom. The van der Waals surface area contributed by atoms with Crippen LogP contribution in [-0.2, 0) is 7.05 Å². The van der Waals surface area contributed by atoms with E-state index in [1.807, 2.05) is 25.4 Å². The Labute approximate surface area is 123 Å². The van der Waals surface area contributed by atoms with Gasteiger partial charge in [0.25, 0.3) is 5.91 Å². The summed E-state index contributed by atoms with van der Waals surface area (Å²) in [4.78, 5) is 12.2. The molecule has 0 saturated heterocycles. The molecule has 0 aliphatic carbocycles. The summed E-state index contributed by atoms with van der Waals surface area (Å²) in [5.74, 6) is 6.08. The van der Waals surface area contributed by atoms with E-state index in [0.717, 1.165) is 5.56 Å². The predicted molar refractivity (Wildman–Crippen MR) is 82.3 cm³/mol. The van der Waals surface area contributed by atoms with E-state index >= 15 is 0 Å². The van der Waals surface area contributed by atoms with Crippen LogP contribution in [0.15, 0.2) is 36.5 Å². The average Bonchev–Trinajstić information content (AvgIpc) is 2.91. The van der Waals surface area contributed by atoms with Crippen LogP contribution in [0, 0.1) is 11.8 Å². The minimum atomic E-state index is -0.204. The monoisotopic (exact) mass is 283 g/mol. The number of nitrogens with zero attached hydrogens (tertiary/aromatic N) is 1. The topological polar surface area (TPSA) is 69.3 Å². The van der Waals surface area contributed by atoms with Crippen LogP contribution >= 0.6 is 0 Å². The number of hydrogen-bond acceptors (Lipinski definition) is 3. The Balaban J connectivity index is 2.29. The number of rotatable bonds is 3. The maximum absolute atomic E-state index is 12.2. The molecule has 5 nitrogen and oxygen atoms in total. The molecule has 2 aromatic rings. The van der Waals surface area contributed by atoms with Crippen molar-refractivity contribution in [1.82, 2.24) is 4.57 Å². The summed E-state index contributed by atoms with van der Waals surface area (Å²) in [5, 5.41) is 2.84. The minimum Gasteiger partial charge on any atom is -0.495 e. The van der Waals surface area contributed by atoms with E-state index in [-0.39, 0.29) is 12.5 Å². The van der Waals surface area contributed by atoms with E-state index in [4.69, 9.17) is 10.5 Å². The van der Waals surface area contributed by atoms with E-state index in [1.165, 1.54) is 0 Å². The highest BCUT2D eigenvalue weighted by molar-refractivity contribution is 6.04. The van der Waals surface area contributed by atoms with Crippen molar-refractivity contribution in [1.29, 1.82) is 0 Å². The first-order chi connectivity index (χ1) is 10.2. The number of benzene rings is 1. The number of nitrogens with one attached hydrogen (secondary N) is 1. The Bertz CT molecular complexity index is 708. The smallest absolute Gasteiger partial charge is 0.272 e. The summed E-state index contributed by atoms with van der Waals surface area (Å²) < 4.78 is 7.01. The minimum absolute atomic E-state index is 0.204. The molecule has 0 aliphatic rings.